The van der Waals surface area contributed by atoms with Crippen molar-refractivity contribution in [3.63, 3.8) is 0 Å². The molecule has 0 aliphatic heterocycles. The second-order valence-corrected chi connectivity index (χ2v) is 2.00. The fraction of sp³-hybridized carbons (Fsp3) is 0.857. The maximum absolute atomic E-state index is 10.6. The molecule has 0 bridgehead atoms. The van der Waals surface area contributed by atoms with Gasteiger partial charge in [0.1, 0.15) is 6.61 Å². The Kier molecular flexibility index (Phi) is 7.08. The van der Waals surface area contributed by atoms with Crippen molar-refractivity contribution >= 4 is 5.97 Å². The Hall–Kier alpha value is -0.610. The molecular weight excluding hydrogens is 148 g/mol. The summed E-state index contributed by atoms with van der Waals surface area (Å²) in [6.45, 7) is 1.03. The molecule has 0 unspecified atom stereocenters. The summed E-state index contributed by atoms with van der Waals surface area (Å²) in [6.07, 6.45) is 0.728. The molecule has 0 fully saturated rings. The molecular formula is C7H14O4. The highest BCUT2D eigenvalue weighted by Crippen LogP contribution is 1.85. The van der Waals surface area contributed by atoms with Gasteiger partial charge in [-0.3, -0.25) is 0 Å². The third kappa shape index (κ3) is 7.29. The zero-order valence-corrected chi connectivity index (χ0v) is 6.96. The Bertz CT molecular complexity index is 103. The van der Waals surface area contributed by atoms with E-state index in [1.54, 1.807) is 7.11 Å². The Morgan fingerprint density at radius 3 is 2.45 bits per heavy atom. The van der Waals surface area contributed by atoms with Gasteiger partial charge in [-0.25, -0.2) is 4.79 Å². The van der Waals surface area contributed by atoms with Crippen molar-refractivity contribution in [3.8, 4) is 0 Å². The second-order valence-electron chi connectivity index (χ2n) is 2.00. The molecule has 0 aliphatic carbocycles. The van der Waals surface area contributed by atoms with Crippen molar-refractivity contribution in [2.75, 3.05) is 34.0 Å². The van der Waals surface area contributed by atoms with Crippen molar-refractivity contribution in [1.82, 2.24) is 0 Å². The number of ether oxygens (including phenoxy) is 3. The van der Waals surface area contributed by atoms with Crippen LogP contribution in [0.25, 0.3) is 0 Å². The number of methoxy groups -OCH3 is 2. The topological polar surface area (TPSA) is 44.8 Å². The van der Waals surface area contributed by atoms with Crippen LogP contribution < -0.4 is 0 Å². The third-order valence-electron chi connectivity index (χ3n) is 1.02. The van der Waals surface area contributed by atoms with E-state index in [-0.39, 0.29) is 12.6 Å². The van der Waals surface area contributed by atoms with Crippen molar-refractivity contribution in [3.05, 3.63) is 0 Å². The summed E-state index contributed by atoms with van der Waals surface area (Å²) in [4.78, 5) is 10.6. The minimum atomic E-state index is -0.330. The molecule has 0 aromatic rings. The molecule has 0 heterocycles. The van der Waals surface area contributed by atoms with Crippen molar-refractivity contribution < 1.29 is 19.0 Å². The smallest absolute Gasteiger partial charge is 0.332 e. The Morgan fingerprint density at radius 2 is 1.91 bits per heavy atom. The van der Waals surface area contributed by atoms with Gasteiger partial charge in [0.15, 0.2) is 0 Å². The molecule has 0 N–H and O–H groups in total. The van der Waals surface area contributed by atoms with Crippen LogP contribution in [0.1, 0.15) is 6.42 Å². The van der Waals surface area contributed by atoms with Gasteiger partial charge in [-0.2, -0.15) is 0 Å². The van der Waals surface area contributed by atoms with Crippen molar-refractivity contribution in [2.24, 2.45) is 0 Å². The van der Waals surface area contributed by atoms with Crippen LogP contribution in [0.2, 0.25) is 0 Å². The van der Waals surface area contributed by atoms with Crippen molar-refractivity contribution in [1.29, 1.82) is 0 Å². The van der Waals surface area contributed by atoms with Gasteiger partial charge in [-0.1, -0.05) is 0 Å². The lowest BCUT2D eigenvalue weighted by molar-refractivity contribution is -0.148. The summed E-state index contributed by atoms with van der Waals surface area (Å²) < 4.78 is 14.1. The highest BCUT2D eigenvalue weighted by atomic mass is 16.6. The zero-order chi connectivity index (χ0) is 8.53. The zero-order valence-electron chi connectivity index (χ0n) is 6.96. The third-order valence-corrected chi connectivity index (χ3v) is 1.02. The summed E-state index contributed by atoms with van der Waals surface area (Å²) in [5.41, 5.74) is 0. The minimum Gasteiger partial charge on any atom is -0.464 e. The summed E-state index contributed by atoms with van der Waals surface area (Å²) >= 11 is 0. The molecule has 4 nitrogen and oxygen atoms in total. The van der Waals surface area contributed by atoms with Crippen LogP contribution in [0.4, 0.5) is 0 Å². The monoisotopic (exact) mass is 162 g/mol. The lowest BCUT2D eigenvalue weighted by atomic mass is 10.5. The first-order valence-electron chi connectivity index (χ1n) is 3.44. The van der Waals surface area contributed by atoms with Crippen LogP contribution in [0.5, 0.6) is 0 Å². The van der Waals surface area contributed by atoms with Crippen LogP contribution >= 0.6 is 0 Å². The molecule has 0 radical (unpaired) electrons. The molecule has 0 saturated carbocycles. The highest BCUT2D eigenvalue weighted by molar-refractivity contribution is 5.70. The highest BCUT2D eigenvalue weighted by Gasteiger charge is 1.99. The minimum absolute atomic E-state index is 0.0208. The molecule has 0 aliphatic rings. The van der Waals surface area contributed by atoms with Gasteiger partial charge in [0.2, 0.25) is 0 Å². The van der Waals surface area contributed by atoms with E-state index in [1.165, 1.54) is 7.11 Å². The SMILES string of the molecule is COCCCOC(=O)COC. The largest absolute Gasteiger partial charge is 0.464 e. The first-order valence-corrected chi connectivity index (χ1v) is 3.44. The molecule has 0 rings (SSSR count). The van der Waals surface area contributed by atoms with Gasteiger partial charge in [-0.15, -0.1) is 0 Å². The predicted molar refractivity (Wildman–Crippen MR) is 39.3 cm³/mol. The van der Waals surface area contributed by atoms with Gasteiger partial charge in [-0.05, 0) is 0 Å². The van der Waals surface area contributed by atoms with E-state index in [9.17, 15) is 4.79 Å². The van der Waals surface area contributed by atoms with Crippen LogP contribution in [0, 0.1) is 0 Å². The van der Waals surface area contributed by atoms with E-state index >= 15 is 0 Å². The summed E-state index contributed by atoms with van der Waals surface area (Å²) in [6, 6.07) is 0. The van der Waals surface area contributed by atoms with Crippen molar-refractivity contribution in [2.45, 2.75) is 6.42 Å². The summed E-state index contributed by atoms with van der Waals surface area (Å²) in [5.74, 6) is -0.330. The van der Waals surface area contributed by atoms with E-state index < -0.39 is 0 Å². The lowest BCUT2D eigenvalue weighted by Gasteiger charge is -2.02. The van der Waals surface area contributed by atoms with Gasteiger partial charge in [0.25, 0.3) is 0 Å². The van der Waals surface area contributed by atoms with Gasteiger partial charge in [0.05, 0.1) is 6.61 Å². The van der Waals surface area contributed by atoms with E-state index in [2.05, 4.69) is 4.74 Å². The summed E-state index contributed by atoms with van der Waals surface area (Å²) in [7, 11) is 3.06. The fourth-order valence-electron chi connectivity index (χ4n) is 0.549. The van der Waals surface area contributed by atoms with Crippen LogP contribution in [0.3, 0.4) is 0 Å². The average Bonchev–Trinajstić information content (AvgIpc) is 1.99. The Balaban J connectivity index is 3.04. The van der Waals surface area contributed by atoms with E-state index in [0.29, 0.717) is 13.2 Å². The van der Waals surface area contributed by atoms with E-state index in [4.69, 9.17) is 9.47 Å². The van der Waals surface area contributed by atoms with E-state index in [0.717, 1.165) is 6.42 Å². The van der Waals surface area contributed by atoms with Gasteiger partial charge < -0.3 is 14.2 Å². The van der Waals surface area contributed by atoms with Crippen LogP contribution in [-0.2, 0) is 19.0 Å². The molecule has 0 aromatic carbocycles. The van der Waals surface area contributed by atoms with Crippen LogP contribution in [-0.4, -0.2) is 40.0 Å². The lowest BCUT2D eigenvalue weighted by Crippen LogP contribution is -2.12. The molecule has 11 heavy (non-hydrogen) atoms. The molecule has 66 valence electrons. The standard InChI is InChI=1S/C7H14O4/c1-9-4-3-5-11-7(8)6-10-2/h3-6H2,1-2H3. The second kappa shape index (κ2) is 7.50. The molecule has 0 spiro atoms. The fourth-order valence-corrected chi connectivity index (χ4v) is 0.549. The molecule has 0 amide bonds. The predicted octanol–water partition coefficient (Wildman–Crippen LogP) is 0.212. The first-order chi connectivity index (χ1) is 5.31. The van der Waals surface area contributed by atoms with Gasteiger partial charge in [0, 0.05) is 27.2 Å². The quantitative estimate of drug-likeness (QED) is 0.414. The number of carbonyl (C=O) groups excluding carboxylic acids is 1. The average molecular weight is 162 g/mol. The maximum Gasteiger partial charge on any atom is 0.332 e. The molecule has 0 aromatic heterocycles. The number of hydrogen-bond donors (Lipinski definition) is 0. The molecule has 0 saturated heterocycles. The summed E-state index contributed by atoms with van der Waals surface area (Å²) in [5, 5.41) is 0. The maximum atomic E-state index is 10.6. The number of rotatable bonds is 6. The van der Waals surface area contributed by atoms with E-state index in [1.807, 2.05) is 0 Å². The number of carbonyl (C=O) groups is 1. The first kappa shape index (κ1) is 10.4. The number of hydrogen-bond acceptors (Lipinski definition) is 4. The van der Waals surface area contributed by atoms with Gasteiger partial charge >= 0.3 is 5.97 Å². The Labute approximate surface area is 66.4 Å². The Morgan fingerprint density at radius 1 is 1.18 bits per heavy atom. The molecule has 0 atom stereocenters. The number of esters is 1. The van der Waals surface area contributed by atoms with Crippen LogP contribution in [0.15, 0.2) is 0 Å². The normalized spacial score (nSPS) is 9.64. The molecule has 4 heteroatoms.